The summed E-state index contributed by atoms with van der Waals surface area (Å²) in [5.41, 5.74) is 4.27. The molecule has 2 N–H and O–H groups in total. The molecule has 0 saturated carbocycles. The van der Waals surface area contributed by atoms with Crippen LogP contribution in [0.1, 0.15) is 19.8 Å². The van der Waals surface area contributed by atoms with Gasteiger partial charge in [-0.15, -0.1) is 0 Å². The summed E-state index contributed by atoms with van der Waals surface area (Å²) < 4.78 is 10.1. The molecule has 0 aliphatic carbocycles. The van der Waals surface area contributed by atoms with E-state index in [1.165, 1.54) is 0 Å². The average Bonchev–Trinajstić information content (AvgIpc) is 2.29. The van der Waals surface area contributed by atoms with Crippen LogP contribution in [0.2, 0.25) is 0 Å². The van der Waals surface area contributed by atoms with E-state index in [-0.39, 0.29) is 18.9 Å². The second-order valence-electron chi connectivity index (χ2n) is 3.54. The van der Waals surface area contributed by atoms with Gasteiger partial charge in [0.1, 0.15) is 5.41 Å². The fourth-order valence-corrected chi connectivity index (χ4v) is 1.78. The average molecular weight is 215 g/mol. The maximum absolute atomic E-state index is 11.8. The van der Waals surface area contributed by atoms with Gasteiger partial charge in [0.2, 0.25) is 0 Å². The number of carbonyl (C=O) groups excluding carboxylic acids is 2. The van der Waals surface area contributed by atoms with Crippen molar-refractivity contribution in [2.45, 2.75) is 19.8 Å². The van der Waals surface area contributed by atoms with Gasteiger partial charge in [-0.3, -0.25) is 9.59 Å². The van der Waals surface area contributed by atoms with Gasteiger partial charge in [-0.2, -0.15) is 0 Å². The third kappa shape index (κ3) is 2.35. The van der Waals surface area contributed by atoms with Crippen molar-refractivity contribution in [3.8, 4) is 0 Å². The van der Waals surface area contributed by atoms with E-state index in [1.807, 2.05) is 0 Å². The zero-order chi connectivity index (χ0) is 11.3. The first-order valence-electron chi connectivity index (χ1n) is 5.15. The van der Waals surface area contributed by atoms with Gasteiger partial charge in [0.05, 0.1) is 13.2 Å². The molecule has 1 aliphatic heterocycles. The Hall–Kier alpha value is -0.940. The van der Waals surface area contributed by atoms with Crippen molar-refractivity contribution in [1.82, 2.24) is 0 Å². The molecule has 0 spiro atoms. The van der Waals surface area contributed by atoms with Gasteiger partial charge in [0, 0.05) is 13.2 Å². The maximum atomic E-state index is 11.8. The first-order valence-corrected chi connectivity index (χ1v) is 5.15. The minimum atomic E-state index is -1.05. The molecule has 0 bridgehead atoms. The number of rotatable bonds is 4. The number of carbonyl (C=O) groups is 2. The fraction of sp³-hybridized carbons (Fsp3) is 0.800. The van der Waals surface area contributed by atoms with E-state index < -0.39 is 11.4 Å². The fourth-order valence-electron chi connectivity index (χ4n) is 1.78. The van der Waals surface area contributed by atoms with Gasteiger partial charge in [0.15, 0.2) is 5.78 Å². The quantitative estimate of drug-likeness (QED) is 0.522. The van der Waals surface area contributed by atoms with E-state index in [4.69, 9.17) is 15.2 Å². The molecule has 0 radical (unpaired) electrons. The van der Waals surface area contributed by atoms with Crippen LogP contribution in [0.4, 0.5) is 0 Å². The Morgan fingerprint density at radius 1 is 1.40 bits per heavy atom. The van der Waals surface area contributed by atoms with Crippen LogP contribution >= 0.6 is 0 Å². The van der Waals surface area contributed by atoms with Crippen molar-refractivity contribution in [1.29, 1.82) is 0 Å². The lowest BCUT2D eigenvalue weighted by Crippen LogP contribution is -2.47. The zero-order valence-corrected chi connectivity index (χ0v) is 8.95. The van der Waals surface area contributed by atoms with E-state index in [0.29, 0.717) is 26.1 Å². The Kier molecular flexibility index (Phi) is 4.23. The molecule has 15 heavy (non-hydrogen) atoms. The molecule has 0 aromatic carbocycles. The van der Waals surface area contributed by atoms with E-state index >= 15 is 0 Å². The molecule has 1 aliphatic rings. The third-order valence-electron chi connectivity index (χ3n) is 2.73. The SMILES string of the molecule is CCOC(=O)C1(C(=O)CN)CCOCC1. The third-order valence-corrected chi connectivity index (χ3v) is 2.73. The largest absolute Gasteiger partial charge is 0.465 e. The lowest BCUT2D eigenvalue weighted by molar-refractivity contribution is -0.166. The summed E-state index contributed by atoms with van der Waals surface area (Å²) in [5.74, 6) is -0.701. The van der Waals surface area contributed by atoms with Crippen LogP contribution in [0, 0.1) is 5.41 Å². The lowest BCUT2D eigenvalue weighted by atomic mass is 9.76. The van der Waals surface area contributed by atoms with E-state index in [0.717, 1.165) is 0 Å². The predicted molar refractivity (Wildman–Crippen MR) is 53.2 cm³/mol. The standard InChI is InChI=1S/C10H17NO4/c1-2-15-9(13)10(8(12)7-11)3-5-14-6-4-10/h2-7,11H2,1H3. The molecule has 0 aromatic heterocycles. The van der Waals surface area contributed by atoms with Crippen LogP contribution in [0.5, 0.6) is 0 Å². The number of ether oxygens (including phenoxy) is 2. The van der Waals surface area contributed by atoms with Crippen LogP contribution in [0.25, 0.3) is 0 Å². The molecule has 1 rings (SSSR count). The Morgan fingerprint density at radius 3 is 2.47 bits per heavy atom. The summed E-state index contributed by atoms with van der Waals surface area (Å²) in [6.07, 6.45) is 0.754. The van der Waals surface area contributed by atoms with Crippen molar-refractivity contribution >= 4 is 11.8 Å². The highest BCUT2D eigenvalue weighted by Gasteiger charge is 2.47. The van der Waals surface area contributed by atoms with Gasteiger partial charge in [-0.05, 0) is 19.8 Å². The minimum Gasteiger partial charge on any atom is -0.465 e. The molecule has 0 aromatic rings. The molecular weight excluding hydrogens is 198 g/mol. The van der Waals surface area contributed by atoms with Crippen molar-refractivity contribution in [3.63, 3.8) is 0 Å². The second kappa shape index (κ2) is 5.23. The Bertz CT molecular complexity index is 246. The van der Waals surface area contributed by atoms with E-state index in [9.17, 15) is 9.59 Å². The summed E-state index contributed by atoms with van der Waals surface area (Å²) in [6.45, 7) is 2.69. The molecule has 0 amide bonds. The smallest absolute Gasteiger partial charge is 0.319 e. The van der Waals surface area contributed by atoms with Gasteiger partial charge in [0.25, 0.3) is 0 Å². The van der Waals surface area contributed by atoms with Crippen LogP contribution in [-0.2, 0) is 19.1 Å². The first kappa shape index (κ1) is 12.1. The molecule has 0 atom stereocenters. The lowest BCUT2D eigenvalue weighted by Gasteiger charge is -2.32. The van der Waals surface area contributed by atoms with Crippen molar-refractivity contribution in [2.24, 2.45) is 11.1 Å². The number of hydrogen-bond donors (Lipinski definition) is 1. The summed E-state index contributed by atoms with van der Waals surface area (Å²) in [5, 5.41) is 0. The Labute approximate surface area is 88.9 Å². The zero-order valence-electron chi connectivity index (χ0n) is 8.95. The van der Waals surface area contributed by atoms with Crippen LogP contribution in [0.3, 0.4) is 0 Å². The summed E-state index contributed by atoms with van der Waals surface area (Å²) in [6, 6.07) is 0. The summed E-state index contributed by atoms with van der Waals surface area (Å²) >= 11 is 0. The number of Topliss-reactive ketones (excluding diaryl/α,β-unsaturated/α-hetero) is 1. The topological polar surface area (TPSA) is 78.6 Å². The molecule has 1 heterocycles. The molecule has 5 heteroatoms. The number of nitrogens with two attached hydrogens (primary N) is 1. The van der Waals surface area contributed by atoms with E-state index in [1.54, 1.807) is 6.92 Å². The number of esters is 1. The van der Waals surface area contributed by atoms with Crippen molar-refractivity contribution < 1.29 is 19.1 Å². The van der Waals surface area contributed by atoms with Crippen LogP contribution in [-0.4, -0.2) is 38.1 Å². The second-order valence-corrected chi connectivity index (χ2v) is 3.54. The highest BCUT2D eigenvalue weighted by atomic mass is 16.5. The molecular formula is C10H17NO4. The number of ketones is 1. The predicted octanol–water partition coefficient (Wildman–Crippen LogP) is -0.126. The van der Waals surface area contributed by atoms with Gasteiger partial charge in [-0.1, -0.05) is 0 Å². The van der Waals surface area contributed by atoms with E-state index in [2.05, 4.69) is 0 Å². The summed E-state index contributed by atoms with van der Waals surface area (Å²) in [7, 11) is 0. The normalized spacial score (nSPS) is 19.6. The van der Waals surface area contributed by atoms with Crippen LogP contribution in [0.15, 0.2) is 0 Å². The monoisotopic (exact) mass is 215 g/mol. The minimum absolute atomic E-state index is 0.126. The van der Waals surface area contributed by atoms with Crippen molar-refractivity contribution in [2.75, 3.05) is 26.4 Å². The maximum Gasteiger partial charge on any atom is 0.319 e. The molecule has 0 unspecified atom stereocenters. The van der Waals surface area contributed by atoms with Gasteiger partial charge < -0.3 is 15.2 Å². The first-order chi connectivity index (χ1) is 7.17. The number of hydrogen-bond acceptors (Lipinski definition) is 5. The van der Waals surface area contributed by atoms with Crippen LogP contribution < -0.4 is 5.73 Å². The van der Waals surface area contributed by atoms with Gasteiger partial charge >= 0.3 is 5.97 Å². The Balaban J connectivity index is 2.84. The molecule has 1 fully saturated rings. The Morgan fingerprint density at radius 2 is 2.00 bits per heavy atom. The molecule has 5 nitrogen and oxygen atoms in total. The van der Waals surface area contributed by atoms with Crippen molar-refractivity contribution in [3.05, 3.63) is 0 Å². The highest BCUT2D eigenvalue weighted by molar-refractivity contribution is 6.04. The molecule has 1 saturated heterocycles. The summed E-state index contributed by atoms with van der Waals surface area (Å²) in [4.78, 5) is 23.5. The molecule has 86 valence electrons. The highest BCUT2D eigenvalue weighted by Crippen LogP contribution is 2.32. The van der Waals surface area contributed by atoms with Gasteiger partial charge in [-0.25, -0.2) is 0 Å².